The number of hydrogen-bond donors (Lipinski definition) is 2. The van der Waals surface area contributed by atoms with Gasteiger partial charge in [0.2, 0.25) is 0 Å². The summed E-state index contributed by atoms with van der Waals surface area (Å²) >= 11 is 5.89. The van der Waals surface area contributed by atoms with Gasteiger partial charge < -0.3 is 10.1 Å². The van der Waals surface area contributed by atoms with Gasteiger partial charge in [0.1, 0.15) is 22.4 Å². The molecule has 1 radical (unpaired) electrons. The fourth-order valence-corrected chi connectivity index (χ4v) is 1.94. The Morgan fingerprint density at radius 3 is 2.86 bits per heavy atom. The molecule has 0 aliphatic heterocycles. The Hall–Kier alpha value is -2.08. The SMILES string of the molecule is Cc1n[nH]c(Cl)c1NC(=O)c1cc(F)[c]cc1OC(C)C. The lowest BCUT2D eigenvalue weighted by Gasteiger charge is -2.14. The number of ether oxygens (including phenoxy) is 1. The van der Waals surface area contributed by atoms with Crippen molar-refractivity contribution >= 4 is 23.2 Å². The average Bonchev–Trinajstić information content (AvgIpc) is 2.72. The molecule has 0 fully saturated rings. The number of H-pyrrole nitrogens is 1. The first-order valence-corrected chi connectivity index (χ1v) is 6.66. The summed E-state index contributed by atoms with van der Waals surface area (Å²) in [5.74, 6) is -0.933. The van der Waals surface area contributed by atoms with Gasteiger partial charge in [0, 0.05) is 6.07 Å². The van der Waals surface area contributed by atoms with E-state index >= 15 is 0 Å². The van der Waals surface area contributed by atoms with E-state index in [1.807, 2.05) is 13.8 Å². The van der Waals surface area contributed by atoms with E-state index in [2.05, 4.69) is 21.6 Å². The van der Waals surface area contributed by atoms with Gasteiger partial charge in [-0.25, -0.2) is 4.39 Å². The van der Waals surface area contributed by atoms with E-state index in [0.717, 1.165) is 6.07 Å². The van der Waals surface area contributed by atoms with E-state index in [-0.39, 0.29) is 22.6 Å². The first-order chi connectivity index (χ1) is 9.88. The molecule has 0 spiro atoms. The van der Waals surface area contributed by atoms with Crippen LogP contribution in [0.15, 0.2) is 12.1 Å². The summed E-state index contributed by atoms with van der Waals surface area (Å²) in [5, 5.41) is 9.20. The number of anilines is 1. The van der Waals surface area contributed by atoms with E-state index in [4.69, 9.17) is 16.3 Å². The molecule has 7 heteroatoms. The number of halogens is 2. The Kier molecular flexibility index (Phi) is 4.47. The van der Waals surface area contributed by atoms with Gasteiger partial charge in [0.15, 0.2) is 0 Å². The van der Waals surface area contributed by atoms with Crippen molar-refractivity contribution in [3.05, 3.63) is 40.4 Å². The predicted octanol–water partition coefficient (Wildman–Crippen LogP) is 3.35. The molecule has 5 nitrogen and oxygen atoms in total. The summed E-state index contributed by atoms with van der Waals surface area (Å²) in [6.45, 7) is 5.30. The highest BCUT2D eigenvalue weighted by Gasteiger charge is 2.18. The van der Waals surface area contributed by atoms with Crippen LogP contribution < -0.4 is 10.1 Å². The van der Waals surface area contributed by atoms with Crippen LogP contribution in [-0.4, -0.2) is 22.2 Å². The monoisotopic (exact) mass is 310 g/mol. The van der Waals surface area contributed by atoms with Crippen molar-refractivity contribution in [2.45, 2.75) is 26.9 Å². The van der Waals surface area contributed by atoms with Gasteiger partial charge in [0.05, 0.1) is 17.4 Å². The third-order valence-corrected chi connectivity index (χ3v) is 2.90. The number of rotatable bonds is 4. The number of aromatic amines is 1. The first-order valence-electron chi connectivity index (χ1n) is 6.28. The molecule has 2 rings (SSSR count). The minimum atomic E-state index is -0.647. The minimum Gasteiger partial charge on any atom is -0.490 e. The zero-order valence-corrected chi connectivity index (χ0v) is 12.5. The van der Waals surface area contributed by atoms with Gasteiger partial charge in [-0.15, -0.1) is 0 Å². The summed E-state index contributed by atoms with van der Waals surface area (Å²) in [7, 11) is 0. The number of aryl methyl sites for hydroxylation is 1. The smallest absolute Gasteiger partial charge is 0.259 e. The Bertz CT molecular complexity index is 651. The van der Waals surface area contributed by atoms with Crippen LogP contribution in [-0.2, 0) is 0 Å². The van der Waals surface area contributed by atoms with Crippen molar-refractivity contribution in [2.75, 3.05) is 5.32 Å². The molecule has 0 atom stereocenters. The van der Waals surface area contributed by atoms with Gasteiger partial charge in [-0.05, 0) is 32.9 Å². The van der Waals surface area contributed by atoms with Gasteiger partial charge in [-0.2, -0.15) is 5.10 Å². The third-order valence-electron chi connectivity index (χ3n) is 2.63. The number of carbonyl (C=O) groups is 1. The molecule has 2 aromatic rings. The average molecular weight is 311 g/mol. The highest BCUT2D eigenvalue weighted by molar-refractivity contribution is 6.33. The maximum atomic E-state index is 13.3. The molecule has 0 bridgehead atoms. The Labute approximate surface area is 126 Å². The first kappa shape index (κ1) is 15.3. The summed E-state index contributed by atoms with van der Waals surface area (Å²) in [5.41, 5.74) is 0.949. The fourth-order valence-electron chi connectivity index (χ4n) is 1.71. The van der Waals surface area contributed by atoms with E-state index < -0.39 is 11.7 Å². The van der Waals surface area contributed by atoms with E-state index in [1.54, 1.807) is 6.92 Å². The number of nitrogens with zero attached hydrogens (tertiary/aromatic N) is 1. The lowest BCUT2D eigenvalue weighted by atomic mass is 10.1. The summed E-state index contributed by atoms with van der Waals surface area (Å²) < 4.78 is 18.8. The second-order valence-corrected chi connectivity index (χ2v) is 5.06. The van der Waals surface area contributed by atoms with Crippen LogP contribution in [0.5, 0.6) is 5.75 Å². The molecule has 0 unspecified atom stereocenters. The topological polar surface area (TPSA) is 67.0 Å². The number of aromatic nitrogens is 2. The molecule has 2 N–H and O–H groups in total. The molecular formula is C14H14ClFN3O2. The molecule has 0 saturated carbocycles. The normalized spacial score (nSPS) is 10.8. The van der Waals surface area contributed by atoms with Crippen LogP contribution in [0.3, 0.4) is 0 Å². The Morgan fingerprint density at radius 2 is 2.29 bits per heavy atom. The molecule has 111 valence electrons. The minimum absolute atomic E-state index is 0.0663. The maximum Gasteiger partial charge on any atom is 0.259 e. The van der Waals surface area contributed by atoms with Crippen LogP contribution in [0.1, 0.15) is 29.9 Å². The van der Waals surface area contributed by atoms with Crippen molar-refractivity contribution in [2.24, 2.45) is 0 Å². The number of nitrogens with one attached hydrogen (secondary N) is 2. The second kappa shape index (κ2) is 6.13. The molecule has 0 saturated heterocycles. The van der Waals surface area contributed by atoms with Crippen LogP contribution in [0.25, 0.3) is 0 Å². The zero-order chi connectivity index (χ0) is 15.6. The standard InChI is InChI=1S/C14H14ClFN3O2/c1-7(2)21-11-5-4-9(16)6-10(11)14(20)17-12-8(3)18-19-13(12)15/h5-7H,1-3H3,(H,17,20)(H,18,19). The molecular weight excluding hydrogens is 297 g/mol. The fraction of sp³-hybridized carbons (Fsp3) is 0.286. The zero-order valence-electron chi connectivity index (χ0n) is 11.8. The van der Waals surface area contributed by atoms with E-state index in [9.17, 15) is 9.18 Å². The highest BCUT2D eigenvalue weighted by Crippen LogP contribution is 2.26. The molecule has 0 aliphatic rings. The molecule has 1 heterocycles. The molecule has 0 aliphatic carbocycles. The molecule has 1 aromatic carbocycles. The van der Waals surface area contributed by atoms with Gasteiger partial charge in [0.25, 0.3) is 5.91 Å². The lowest BCUT2D eigenvalue weighted by molar-refractivity contribution is 0.102. The number of amides is 1. The van der Waals surface area contributed by atoms with Gasteiger partial charge in [-0.1, -0.05) is 11.6 Å². The number of carbonyl (C=O) groups excluding carboxylic acids is 1. The largest absolute Gasteiger partial charge is 0.490 e. The van der Waals surface area contributed by atoms with Crippen LogP contribution in [0.4, 0.5) is 10.1 Å². The quantitative estimate of drug-likeness (QED) is 0.910. The summed E-state index contributed by atoms with van der Waals surface area (Å²) in [6, 6.07) is 4.73. The molecule has 1 aromatic heterocycles. The lowest BCUT2D eigenvalue weighted by Crippen LogP contribution is -2.16. The summed E-state index contributed by atoms with van der Waals surface area (Å²) in [4.78, 5) is 12.3. The van der Waals surface area contributed by atoms with Gasteiger partial charge in [-0.3, -0.25) is 9.89 Å². The highest BCUT2D eigenvalue weighted by atomic mass is 35.5. The Morgan fingerprint density at radius 1 is 1.57 bits per heavy atom. The third kappa shape index (κ3) is 3.52. The van der Waals surface area contributed by atoms with Crippen LogP contribution in [0.2, 0.25) is 5.15 Å². The van der Waals surface area contributed by atoms with E-state index in [0.29, 0.717) is 11.4 Å². The van der Waals surface area contributed by atoms with Crippen molar-refractivity contribution in [1.82, 2.24) is 10.2 Å². The van der Waals surface area contributed by atoms with Crippen molar-refractivity contribution in [3.63, 3.8) is 0 Å². The number of benzene rings is 1. The van der Waals surface area contributed by atoms with Gasteiger partial charge >= 0.3 is 0 Å². The van der Waals surface area contributed by atoms with Crippen molar-refractivity contribution in [1.29, 1.82) is 0 Å². The Balaban J connectivity index is 2.32. The second-order valence-electron chi connectivity index (χ2n) is 4.68. The predicted molar refractivity (Wildman–Crippen MR) is 77.3 cm³/mol. The van der Waals surface area contributed by atoms with Crippen molar-refractivity contribution in [3.8, 4) is 5.75 Å². The van der Waals surface area contributed by atoms with Crippen molar-refractivity contribution < 1.29 is 13.9 Å². The van der Waals surface area contributed by atoms with Crippen LogP contribution in [0, 0.1) is 18.8 Å². The number of hydrogen-bond acceptors (Lipinski definition) is 3. The maximum absolute atomic E-state index is 13.3. The van der Waals surface area contributed by atoms with Crippen LogP contribution >= 0.6 is 11.6 Å². The summed E-state index contributed by atoms with van der Waals surface area (Å²) in [6.07, 6.45) is -0.158. The molecule has 21 heavy (non-hydrogen) atoms. The van der Waals surface area contributed by atoms with E-state index in [1.165, 1.54) is 6.07 Å². The molecule has 1 amide bonds.